The van der Waals surface area contributed by atoms with E-state index >= 15 is 0 Å². The summed E-state index contributed by atoms with van der Waals surface area (Å²) in [6.07, 6.45) is 0.470. The van der Waals surface area contributed by atoms with E-state index in [0.717, 1.165) is 0 Å². The van der Waals surface area contributed by atoms with Crippen LogP contribution in [-0.2, 0) is 28.6 Å². The predicted molar refractivity (Wildman–Crippen MR) is 125 cm³/mol. The first-order valence-electron chi connectivity index (χ1n) is 11.6. The average Bonchev–Trinajstić information content (AvgIpc) is 2.81. The standard InChI is InChI=1S/C26H33NO7/c1-6-32-12-13-34-26(30)21-16(4)27-18-14-15(3)20(25(29)31-5)24(28)23(18)22(21)17-10-8-9-11-19(17)33-7-2/h8-11,15,20,22,27H,6-7,12-14H2,1-5H3/t15-,20+,22+/m1/s1. The maximum Gasteiger partial charge on any atom is 0.336 e. The van der Waals surface area contributed by atoms with Crippen molar-refractivity contribution in [2.24, 2.45) is 11.8 Å². The fourth-order valence-electron chi connectivity index (χ4n) is 4.68. The maximum atomic E-state index is 13.8. The molecule has 8 nitrogen and oxygen atoms in total. The minimum Gasteiger partial charge on any atom is -0.494 e. The minimum atomic E-state index is -0.944. The second kappa shape index (κ2) is 11.3. The van der Waals surface area contributed by atoms with Crippen molar-refractivity contribution in [3.05, 3.63) is 52.4 Å². The molecule has 0 unspecified atom stereocenters. The first kappa shape index (κ1) is 25.5. The van der Waals surface area contributed by atoms with Gasteiger partial charge in [0.05, 0.1) is 31.8 Å². The first-order chi connectivity index (χ1) is 16.3. The molecule has 34 heavy (non-hydrogen) atoms. The van der Waals surface area contributed by atoms with Gasteiger partial charge in [-0.25, -0.2) is 4.79 Å². The number of allylic oxidation sites excluding steroid dienone is 3. The Morgan fingerprint density at radius 2 is 1.85 bits per heavy atom. The molecule has 0 bridgehead atoms. The lowest BCUT2D eigenvalue weighted by molar-refractivity contribution is -0.151. The van der Waals surface area contributed by atoms with Crippen LogP contribution in [0.1, 0.15) is 45.6 Å². The topological polar surface area (TPSA) is 100 Å². The SMILES string of the molecule is CCOCCOC(=O)C1=C(C)NC2=C(C(=O)[C@@H](C(=O)OC)[C@H](C)C2)[C@H]1c1ccccc1OCC. The highest BCUT2D eigenvalue weighted by Crippen LogP contribution is 2.47. The Labute approximate surface area is 200 Å². The summed E-state index contributed by atoms with van der Waals surface area (Å²) >= 11 is 0. The number of rotatable bonds is 9. The van der Waals surface area contributed by atoms with Crippen LogP contribution in [0.25, 0.3) is 0 Å². The largest absolute Gasteiger partial charge is 0.494 e. The summed E-state index contributed by atoms with van der Waals surface area (Å²) in [7, 11) is 1.28. The molecular formula is C26H33NO7. The smallest absolute Gasteiger partial charge is 0.336 e. The number of carbonyl (C=O) groups is 3. The number of Topliss-reactive ketones (excluding diaryl/α,β-unsaturated/α-hetero) is 1. The Balaban J connectivity index is 2.13. The molecule has 1 aliphatic heterocycles. The van der Waals surface area contributed by atoms with Crippen molar-refractivity contribution < 1.29 is 33.3 Å². The lowest BCUT2D eigenvalue weighted by atomic mass is 9.69. The van der Waals surface area contributed by atoms with Gasteiger partial charge in [0.25, 0.3) is 0 Å². The summed E-state index contributed by atoms with van der Waals surface area (Å²) in [6.45, 7) is 8.67. The van der Waals surface area contributed by atoms with Gasteiger partial charge in [-0.3, -0.25) is 9.59 Å². The molecule has 1 N–H and O–H groups in total. The number of methoxy groups -OCH3 is 1. The van der Waals surface area contributed by atoms with Crippen LogP contribution in [0, 0.1) is 11.8 Å². The van der Waals surface area contributed by atoms with Crippen molar-refractivity contribution in [3.63, 3.8) is 0 Å². The zero-order valence-electron chi connectivity index (χ0n) is 20.4. The van der Waals surface area contributed by atoms with Crippen LogP contribution < -0.4 is 10.1 Å². The molecule has 1 aliphatic carbocycles. The third-order valence-corrected chi connectivity index (χ3v) is 6.16. The number of para-hydroxylation sites is 1. The minimum absolute atomic E-state index is 0.0882. The summed E-state index contributed by atoms with van der Waals surface area (Å²) in [5.41, 5.74) is 2.67. The summed E-state index contributed by atoms with van der Waals surface area (Å²) in [4.78, 5) is 39.6. The highest BCUT2D eigenvalue weighted by atomic mass is 16.6. The number of ketones is 1. The summed E-state index contributed by atoms with van der Waals surface area (Å²) in [5, 5.41) is 3.25. The van der Waals surface area contributed by atoms with Gasteiger partial charge >= 0.3 is 11.9 Å². The van der Waals surface area contributed by atoms with Gasteiger partial charge < -0.3 is 24.3 Å². The summed E-state index contributed by atoms with van der Waals surface area (Å²) < 4.78 is 21.6. The van der Waals surface area contributed by atoms with E-state index in [9.17, 15) is 14.4 Å². The van der Waals surface area contributed by atoms with E-state index in [1.54, 1.807) is 6.92 Å². The molecule has 0 amide bonds. The molecule has 1 aromatic rings. The highest BCUT2D eigenvalue weighted by Gasteiger charge is 2.47. The molecule has 2 aliphatic rings. The number of dihydropyridines is 1. The molecule has 0 radical (unpaired) electrons. The molecule has 3 atom stereocenters. The number of carbonyl (C=O) groups excluding carboxylic acids is 3. The van der Waals surface area contributed by atoms with Gasteiger partial charge in [0.15, 0.2) is 5.78 Å². The van der Waals surface area contributed by atoms with E-state index in [1.807, 2.05) is 45.0 Å². The number of hydrogen-bond donors (Lipinski definition) is 1. The Hall–Kier alpha value is -3.13. The van der Waals surface area contributed by atoms with Crippen molar-refractivity contribution in [1.29, 1.82) is 0 Å². The summed E-state index contributed by atoms with van der Waals surface area (Å²) in [6, 6.07) is 7.32. The summed E-state index contributed by atoms with van der Waals surface area (Å²) in [5.74, 6) is -2.84. The molecule has 0 fully saturated rings. The van der Waals surface area contributed by atoms with Gasteiger partial charge in [-0.2, -0.15) is 0 Å². The van der Waals surface area contributed by atoms with E-state index in [0.29, 0.717) is 53.5 Å². The molecule has 8 heteroatoms. The Morgan fingerprint density at radius 3 is 2.53 bits per heavy atom. The number of nitrogens with one attached hydrogen (secondary N) is 1. The fraction of sp³-hybridized carbons (Fsp3) is 0.500. The zero-order valence-corrected chi connectivity index (χ0v) is 20.4. The van der Waals surface area contributed by atoms with E-state index in [2.05, 4.69) is 5.32 Å². The van der Waals surface area contributed by atoms with Gasteiger partial charge in [-0.05, 0) is 39.2 Å². The molecule has 1 heterocycles. The fourth-order valence-corrected chi connectivity index (χ4v) is 4.68. The second-order valence-corrected chi connectivity index (χ2v) is 8.34. The maximum absolute atomic E-state index is 13.8. The highest BCUT2D eigenvalue weighted by molar-refractivity contribution is 6.12. The molecule has 0 saturated carbocycles. The normalized spacial score (nSPS) is 22.1. The Bertz CT molecular complexity index is 1010. The van der Waals surface area contributed by atoms with Crippen molar-refractivity contribution in [2.75, 3.05) is 33.5 Å². The lowest BCUT2D eigenvalue weighted by Crippen LogP contribution is -2.43. The second-order valence-electron chi connectivity index (χ2n) is 8.34. The molecule has 1 aromatic carbocycles. The van der Waals surface area contributed by atoms with Crippen LogP contribution in [0.15, 0.2) is 46.8 Å². The van der Waals surface area contributed by atoms with Gasteiger partial charge in [-0.1, -0.05) is 25.1 Å². The number of benzene rings is 1. The number of ether oxygens (including phenoxy) is 4. The van der Waals surface area contributed by atoms with E-state index in [1.165, 1.54) is 7.11 Å². The van der Waals surface area contributed by atoms with Crippen molar-refractivity contribution in [1.82, 2.24) is 5.32 Å². The molecular weight excluding hydrogens is 438 g/mol. The molecule has 0 aromatic heterocycles. The van der Waals surface area contributed by atoms with E-state index in [4.69, 9.17) is 18.9 Å². The van der Waals surface area contributed by atoms with Crippen LogP contribution >= 0.6 is 0 Å². The van der Waals surface area contributed by atoms with Gasteiger partial charge in [-0.15, -0.1) is 0 Å². The quantitative estimate of drug-likeness (QED) is 0.333. The van der Waals surface area contributed by atoms with Gasteiger partial charge in [0, 0.05) is 29.1 Å². The lowest BCUT2D eigenvalue weighted by Gasteiger charge is -2.38. The van der Waals surface area contributed by atoms with Crippen molar-refractivity contribution >= 4 is 17.7 Å². The monoisotopic (exact) mass is 471 g/mol. The third-order valence-electron chi connectivity index (χ3n) is 6.16. The van der Waals surface area contributed by atoms with Crippen LogP contribution in [0.5, 0.6) is 5.75 Å². The van der Waals surface area contributed by atoms with Crippen LogP contribution in [-0.4, -0.2) is 51.3 Å². The van der Waals surface area contributed by atoms with E-state index < -0.39 is 23.8 Å². The van der Waals surface area contributed by atoms with Gasteiger partial charge in [0.2, 0.25) is 0 Å². The number of hydrogen-bond acceptors (Lipinski definition) is 8. The molecule has 0 saturated heterocycles. The van der Waals surface area contributed by atoms with Crippen LogP contribution in [0.3, 0.4) is 0 Å². The Morgan fingerprint density at radius 1 is 1.12 bits per heavy atom. The van der Waals surface area contributed by atoms with Crippen molar-refractivity contribution in [3.8, 4) is 5.75 Å². The number of esters is 2. The molecule has 3 rings (SSSR count). The predicted octanol–water partition coefficient (Wildman–Crippen LogP) is 3.28. The van der Waals surface area contributed by atoms with Crippen LogP contribution in [0.4, 0.5) is 0 Å². The first-order valence-corrected chi connectivity index (χ1v) is 11.6. The van der Waals surface area contributed by atoms with Crippen molar-refractivity contribution in [2.45, 2.75) is 40.0 Å². The van der Waals surface area contributed by atoms with E-state index in [-0.39, 0.29) is 24.9 Å². The van der Waals surface area contributed by atoms with Gasteiger partial charge in [0.1, 0.15) is 18.3 Å². The zero-order chi connectivity index (χ0) is 24.8. The Kier molecular flexibility index (Phi) is 8.50. The third kappa shape index (κ3) is 5.01. The average molecular weight is 472 g/mol. The molecule has 0 spiro atoms. The van der Waals surface area contributed by atoms with Crippen LogP contribution in [0.2, 0.25) is 0 Å². The molecule has 184 valence electrons.